The van der Waals surface area contributed by atoms with E-state index in [1.807, 2.05) is 0 Å². The molecule has 1 rings (SSSR count). The third-order valence-corrected chi connectivity index (χ3v) is 3.47. The normalized spacial score (nSPS) is 38.0. The Morgan fingerprint density at radius 3 is 2.44 bits per heavy atom. The summed E-state index contributed by atoms with van der Waals surface area (Å²) in [5, 5.41) is 0. The fourth-order valence-corrected chi connectivity index (χ4v) is 2.26. The topological polar surface area (TPSA) is 20.2 Å². The molecule has 1 aliphatic rings. The van der Waals surface area contributed by atoms with Gasteiger partial charge in [0.25, 0.3) is 0 Å². The Hall–Kier alpha value is 0.390. The van der Waals surface area contributed by atoms with Gasteiger partial charge in [-0.15, -0.1) is 0 Å². The van der Waals surface area contributed by atoms with E-state index in [9.17, 15) is 0 Å². The van der Waals surface area contributed by atoms with E-state index < -0.39 is 0 Å². The number of hydrogen-bond donors (Lipinski definition) is 1. The van der Waals surface area contributed by atoms with Gasteiger partial charge in [0.05, 0.1) is 0 Å². The van der Waals surface area contributed by atoms with Gasteiger partial charge in [-0.25, -0.2) is 0 Å². The Bertz CT molecular complexity index is 85.0. The van der Waals surface area contributed by atoms with Gasteiger partial charge in [0, 0.05) is 14.5 Å². The second-order valence-corrected chi connectivity index (χ2v) is 4.00. The maximum Gasteiger partial charge on any atom is 0.0141 e. The van der Waals surface area contributed by atoms with Crippen molar-refractivity contribution < 1.29 is 4.89 Å². The molecule has 0 heterocycles. The Morgan fingerprint density at radius 1 is 1.33 bits per heavy atom. The standard InChI is InChI=1S/C7H15OP/c1-6-4-2-3-5-7(6)9-8/h6-9H,2-5H2,1H3. The van der Waals surface area contributed by atoms with Gasteiger partial charge in [0.1, 0.15) is 0 Å². The van der Waals surface area contributed by atoms with E-state index in [2.05, 4.69) is 6.92 Å². The van der Waals surface area contributed by atoms with Crippen LogP contribution >= 0.6 is 8.81 Å². The smallest absolute Gasteiger partial charge is 0.0141 e. The zero-order valence-electron chi connectivity index (χ0n) is 5.93. The highest BCUT2D eigenvalue weighted by molar-refractivity contribution is 7.32. The molecule has 0 aromatic carbocycles. The monoisotopic (exact) mass is 146 g/mol. The molecular weight excluding hydrogens is 131 g/mol. The average Bonchev–Trinajstić information content (AvgIpc) is 1.89. The first-order chi connectivity index (χ1) is 4.34. The number of hydrogen-bond acceptors (Lipinski definition) is 1. The third kappa shape index (κ3) is 1.91. The summed E-state index contributed by atoms with van der Waals surface area (Å²) in [6.07, 6.45) is 5.30. The summed E-state index contributed by atoms with van der Waals surface area (Å²) in [6.45, 7) is 2.26. The lowest BCUT2D eigenvalue weighted by Gasteiger charge is -2.26. The van der Waals surface area contributed by atoms with Crippen molar-refractivity contribution in [3.05, 3.63) is 0 Å². The third-order valence-electron chi connectivity index (χ3n) is 2.28. The maximum absolute atomic E-state index is 8.89. The van der Waals surface area contributed by atoms with Crippen LogP contribution < -0.4 is 0 Å². The van der Waals surface area contributed by atoms with E-state index in [0.717, 1.165) is 5.92 Å². The van der Waals surface area contributed by atoms with E-state index in [1.165, 1.54) is 25.7 Å². The van der Waals surface area contributed by atoms with Crippen LogP contribution in [0.5, 0.6) is 0 Å². The molecule has 0 saturated heterocycles. The zero-order valence-corrected chi connectivity index (χ0v) is 6.93. The van der Waals surface area contributed by atoms with Crippen LogP contribution in [-0.4, -0.2) is 10.6 Å². The van der Waals surface area contributed by atoms with E-state index in [0.29, 0.717) is 5.66 Å². The first-order valence-corrected chi connectivity index (χ1v) is 4.76. The largest absolute Gasteiger partial charge is 0.377 e. The van der Waals surface area contributed by atoms with Crippen molar-refractivity contribution in [2.75, 3.05) is 0 Å². The highest BCUT2D eigenvalue weighted by Crippen LogP contribution is 2.34. The molecule has 0 aliphatic heterocycles. The fourth-order valence-electron chi connectivity index (χ4n) is 1.51. The quantitative estimate of drug-likeness (QED) is 0.562. The van der Waals surface area contributed by atoms with Crippen molar-refractivity contribution in [1.82, 2.24) is 0 Å². The summed E-state index contributed by atoms with van der Waals surface area (Å²) < 4.78 is 0. The molecule has 0 aromatic heterocycles. The first kappa shape index (κ1) is 7.50. The second kappa shape index (κ2) is 3.53. The molecule has 1 saturated carbocycles. The van der Waals surface area contributed by atoms with Crippen LogP contribution in [0.15, 0.2) is 0 Å². The summed E-state index contributed by atoms with van der Waals surface area (Å²) in [4.78, 5) is 8.89. The summed E-state index contributed by atoms with van der Waals surface area (Å²) in [6, 6.07) is 0. The van der Waals surface area contributed by atoms with Crippen LogP contribution in [0.25, 0.3) is 0 Å². The predicted molar refractivity (Wildman–Crippen MR) is 42.0 cm³/mol. The van der Waals surface area contributed by atoms with Crippen LogP contribution in [0.1, 0.15) is 32.6 Å². The molecule has 1 aliphatic carbocycles. The second-order valence-electron chi connectivity index (χ2n) is 3.00. The predicted octanol–water partition coefficient (Wildman–Crippen LogP) is 2.15. The molecule has 0 radical (unpaired) electrons. The van der Waals surface area contributed by atoms with Crippen molar-refractivity contribution >= 4 is 8.81 Å². The molecule has 1 fully saturated rings. The van der Waals surface area contributed by atoms with Crippen molar-refractivity contribution in [2.24, 2.45) is 5.92 Å². The van der Waals surface area contributed by atoms with Gasteiger partial charge in [-0.3, -0.25) is 0 Å². The van der Waals surface area contributed by atoms with Gasteiger partial charge in [-0.1, -0.05) is 26.2 Å². The maximum atomic E-state index is 8.89. The summed E-state index contributed by atoms with van der Waals surface area (Å²) >= 11 is 0. The molecule has 0 amide bonds. The Labute approximate surface area is 58.7 Å². The van der Waals surface area contributed by atoms with E-state index in [-0.39, 0.29) is 8.81 Å². The van der Waals surface area contributed by atoms with E-state index in [4.69, 9.17) is 4.89 Å². The zero-order chi connectivity index (χ0) is 6.69. The Balaban J connectivity index is 2.30. The minimum Gasteiger partial charge on any atom is -0.377 e. The van der Waals surface area contributed by atoms with Gasteiger partial charge in [-0.2, -0.15) is 0 Å². The van der Waals surface area contributed by atoms with Crippen LogP contribution in [0.2, 0.25) is 0 Å². The van der Waals surface area contributed by atoms with Gasteiger partial charge < -0.3 is 4.89 Å². The lowest BCUT2D eigenvalue weighted by atomic mass is 9.90. The summed E-state index contributed by atoms with van der Waals surface area (Å²) in [5.41, 5.74) is 0.638. The summed E-state index contributed by atoms with van der Waals surface area (Å²) in [5.74, 6) is 0.780. The molecule has 3 atom stereocenters. The molecule has 1 nitrogen and oxygen atoms in total. The molecule has 3 unspecified atom stereocenters. The fraction of sp³-hybridized carbons (Fsp3) is 1.00. The molecule has 0 bridgehead atoms. The molecule has 0 spiro atoms. The van der Waals surface area contributed by atoms with E-state index >= 15 is 0 Å². The van der Waals surface area contributed by atoms with Crippen molar-refractivity contribution in [3.63, 3.8) is 0 Å². The Kier molecular flexibility index (Phi) is 2.94. The molecular formula is C7H15OP. The molecule has 0 aromatic rings. The first-order valence-electron chi connectivity index (χ1n) is 3.74. The lowest BCUT2D eigenvalue weighted by molar-refractivity contribution is 0.384. The molecule has 9 heavy (non-hydrogen) atoms. The van der Waals surface area contributed by atoms with Crippen LogP contribution in [0.4, 0.5) is 0 Å². The molecule has 2 heteroatoms. The van der Waals surface area contributed by atoms with Gasteiger partial charge >= 0.3 is 0 Å². The highest BCUT2D eigenvalue weighted by Gasteiger charge is 2.19. The van der Waals surface area contributed by atoms with Gasteiger partial charge in [0.2, 0.25) is 0 Å². The molecule has 1 N–H and O–H groups in total. The molecule has 54 valence electrons. The van der Waals surface area contributed by atoms with Crippen LogP contribution in [-0.2, 0) is 0 Å². The van der Waals surface area contributed by atoms with E-state index in [1.54, 1.807) is 0 Å². The van der Waals surface area contributed by atoms with Gasteiger partial charge in [-0.05, 0) is 12.3 Å². The van der Waals surface area contributed by atoms with Crippen molar-refractivity contribution in [2.45, 2.75) is 38.3 Å². The van der Waals surface area contributed by atoms with Crippen molar-refractivity contribution in [3.8, 4) is 0 Å². The van der Waals surface area contributed by atoms with Crippen LogP contribution in [0.3, 0.4) is 0 Å². The number of rotatable bonds is 1. The average molecular weight is 146 g/mol. The minimum atomic E-state index is 0.187. The Morgan fingerprint density at radius 2 is 2.00 bits per heavy atom. The van der Waals surface area contributed by atoms with Gasteiger partial charge in [0.15, 0.2) is 0 Å². The van der Waals surface area contributed by atoms with Crippen LogP contribution in [0, 0.1) is 5.92 Å². The SMILES string of the molecule is CC1CCCCC1PO. The highest BCUT2D eigenvalue weighted by atomic mass is 31.1. The summed E-state index contributed by atoms with van der Waals surface area (Å²) in [7, 11) is 0.187. The van der Waals surface area contributed by atoms with Crippen molar-refractivity contribution in [1.29, 1.82) is 0 Å². The minimum absolute atomic E-state index is 0.187. The lowest BCUT2D eigenvalue weighted by Crippen LogP contribution is -2.17.